The van der Waals surface area contributed by atoms with E-state index < -0.39 is 53.7 Å². The van der Waals surface area contributed by atoms with Crippen LogP contribution in [-0.2, 0) is 30.4 Å². The van der Waals surface area contributed by atoms with E-state index in [-0.39, 0.29) is 47.4 Å². The molecule has 0 bridgehead atoms. The summed E-state index contributed by atoms with van der Waals surface area (Å²) in [5, 5.41) is 8.29. The fraction of sp³-hybridized carbons (Fsp3) is 0.462. The summed E-state index contributed by atoms with van der Waals surface area (Å²) < 4.78 is 10.9. The van der Waals surface area contributed by atoms with Crippen molar-refractivity contribution in [3.63, 3.8) is 0 Å². The third-order valence-electron chi connectivity index (χ3n) is 9.08. The van der Waals surface area contributed by atoms with Crippen molar-refractivity contribution in [2.24, 2.45) is 27.9 Å². The average molecular weight is 826 g/mol. The molecular weight excluding hydrogens is 771 g/mol. The first-order valence-electron chi connectivity index (χ1n) is 18.8. The minimum atomic E-state index is -1.19. The predicted molar refractivity (Wildman–Crippen MR) is 226 cm³/mol. The van der Waals surface area contributed by atoms with Gasteiger partial charge in [0.05, 0.1) is 19.1 Å². The van der Waals surface area contributed by atoms with Crippen molar-refractivity contribution in [2.75, 3.05) is 27.3 Å². The van der Waals surface area contributed by atoms with E-state index in [9.17, 15) is 24.0 Å². The van der Waals surface area contributed by atoms with E-state index in [0.717, 1.165) is 23.7 Å². The molecule has 4 atom stereocenters. The fourth-order valence-electron chi connectivity index (χ4n) is 6.02. The highest BCUT2D eigenvalue weighted by Gasteiger charge is 2.41. The minimum Gasteiger partial charge on any atom is -0.493 e. The van der Waals surface area contributed by atoms with Crippen molar-refractivity contribution in [3.8, 4) is 11.5 Å². The number of nitrogens with zero attached hydrogens (tertiary/aromatic N) is 2. The van der Waals surface area contributed by atoms with Gasteiger partial charge >= 0.3 is 0 Å². The quantitative estimate of drug-likeness (QED) is 0.0263. The molecular formula is C39H55N9O7S2. The number of nitrogens with two attached hydrogens (primary N) is 4. The summed E-state index contributed by atoms with van der Waals surface area (Å²) in [5.74, 6) is -2.24. The summed E-state index contributed by atoms with van der Waals surface area (Å²) in [5.41, 5.74) is 23.7. The Labute approximate surface area is 343 Å². The maximum Gasteiger partial charge on any atom is 0.266 e. The van der Waals surface area contributed by atoms with Gasteiger partial charge in [-0.1, -0.05) is 80.1 Å². The largest absolute Gasteiger partial charge is 0.493 e. The van der Waals surface area contributed by atoms with Gasteiger partial charge in [0.25, 0.3) is 5.91 Å². The first kappa shape index (κ1) is 46.2. The van der Waals surface area contributed by atoms with Crippen LogP contribution in [0, 0.1) is 0 Å². The van der Waals surface area contributed by atoms with E-state index in [0.29, 0.717) is 49.3 Å². The molecule has 2 aromatic carbocycles. The number of nitrogens with one attached hydrogen (secondary N) is 3. The van der Waals surface area contributed by atoms with Crippen LogP contribution in [0.4, 0.5) is 0 Å². The Morgan fingerprint density at radius 1 is 0.842 bits per heavy atom. The molecule has 16 nitrogen and oxygen atoms in total. The van der Waals surface area contributed by atoms with Crippen LogP contribution in [0.15, 0.2) is 58.4 Å². The van der Waals surface area contributed by atoms with E-state index in [1.807, 2.05) is 37.3 Å². The number of hydrogen-bond acceptors (Lipinski definition) is 11. The zero-order valence-electron chi connectivity index (χ0n) is 32.7. The van der Waals surface area contributed by atoms with E-state index in [2.05, 4.69) is 20.9 Å². The normalized spacial score (nSPS) is 15.3. The number of carbonyl (C=O) groups is 5. The van der Waals surface area contributed by atoms with Gasteiger partial charge in [0, 0.05) is 13.0 Å². The Morgan fingerprint density at radius 2 is 1.46 bits per heavy atom. The number of rotatable bonds is 24. The van der Waals surface area contributed by atoms with Crippen molar-refractivity contribution >= 4 is 69.9 Å². The highest BCUT2D eigenvalue weighted by atomic mass is 32.2. The number of unbranched alkanes of at least 4 members (excludes halogenated alkanes) is 2. The second-order valence-corrected chi connectivity index (χ2v) is 15.0. The standard InChI is InChI=1S/C39H55N9O7S2/c1-4-5-14-26(33(41)49)45-34(50)27(15-9-10-19-40)46-35(51)28(16-11-20-44-38(42)43)47-36(52)29(21-24-12-7-6-8-13-24)48-37(53)32(57-39(48)56)23-25-17-18-30(54-2)31(22-25)55-3/h6-8,12-13,17-18,22-23,26-29H,4-5,9-11,14-16,19-21,40H2,1-3H3,(H2,41,49)(H,45,50)(H,46,51)(H,47,52)(H4,42,43,44)/b32-23-/t26-,27-,28-,29-/m0/s1. The van der Waals surface area contributed by atoms with Gasteiger partial charge in [0.15, 0.2) is 17.5 Å². The van der Waals surface area contributed by atoms with Crippen molar-refractivity contribution in [2.45, 2.75) is 88.9 Å². The highest BCUT2D eigenvalue weighted by molar-refractivity contribution is 8.26. The molecule has 0 unspecified atom stereocenters. The summed E-state index contributed by atoms with van der Waals surface area (Å²) in [6, 6.07) is 9.93. The van der Waals surface area contributed by atoms with Gasteiger partial charge < -0.3 is 48.4 Å². The van der Waals surface area contributed by atoms with Crippen LogP contribution in [0.2, 0.25) is 0 Å². The number of guanidine groups is 1. The van der Waals surface area contributed by atoms with Crippen LogP contribution < -0.4 is 48.4 Å². The lowest BCUT2D eigenvalue weighted by molar-refractivity contribution is -0.136. The smallest absolute Gasteiger partial charge is 0.266 e. The molecule has 11 N–H and O–H groups in total. The van der Waals surface area contributed by atoms with Gasteiger partial charge in [0.2, 0.25) is 23.6 Å². The molecule has 1 fully saturated rings. The van der Waals surface area contributed by atoms with Gasteiger partial charge in [0.1, 0.15) is 28.5 Å². The van der Waals surface area contributed by atoms with E-state index in [1.165, 1.54) is 19.1 Å². The number of thioether (sulfide) groups is 1. The van der Waals surface area contributed by atoms with Crippen molar-refractivity contribution in [1.29, 1.82) is 0 Å². The Morgan fingerprint density at radius 3 is 2.05 bits per heavy atom. The number of carbonyl (C=O) groups excluding carboxylic acids is 5. The second-order valence-electron chi connectivity index (χ2n) is 13.3. The van der Waals surface area contributed by atoms with Crippen molar-refractivity contribution < 1.29 is 33.4 Å². The minimum absolute atomic E-state index is 0.0709. The summed E-state index contributed by atoms with van der Waals surface area (Å²) in [6.07, 6.45) is 5.14. The lowest BCUT2D eigenvalue weighted by atomic mass is 10.0. The summed E-state index contributed by atoms with van der Waals surface area (Å²) in [7, 11) is 3.03. The van der Waals surface area contributed by atoms with Crippen LogP contribution in [0.5, 0.6) is 11.5 Å². The Balaban J connectivity index is 1.96. The highest BCUT2D eigenvalue weighted by Crippen LogP contribution is 2.36. The topological polar surface area (TPSA) is 260 Å². The molecule has 0 aliphatic carbocycles. The molecule has 18 heteroatoms. The molecule has 0 aromatic heterocycles. The SMILES string of the molecule is CCCC[C@H](NC(=O)[C@H](CCCCN)NC(=O)[C@H](CCCN=C(N)N)NC(=O)[C@H](Cc1ccccc1)N1C(=O)/C(=C/c2ccc(OC)c(OC)c2)SC1=S)C(N)=O. The molecule has 1 aliphatic heterocycles. The molecule has 3 rings (SSSR count). The maximum absolute atomic E-state index is 14.4. The third kappa shape index (κ3) is 14.4. The van der Waals surface area contributed by atoms with Gasteiger partial charge in [-0.05, 0) is 74.4 Å². The van der Waals surface area contributed by atoms with Gasteiger partial charge in [-0.2, -0.15) is 0 Å². The molecule has 1 aliphatic rings. The van der Waals surface area contributed by atoms with Crippen molar-refractivity contribution in [1.82, 2.24) is 20.9 Å². The first-order chi connectivity index (χ1) is 27.3. The van der Waals surface area contributed by atoms with E-state index >= 15 is 0 Å². The van der Waals surface area contributed by atoms with Gasteiger partial charge in [-0.15, -0.1) is 0 Å². The zero-order chi connectivity index (χ0) is 41.9. The van der Waals surface area contributed by atoms with Gasteiger partial charge in [-0.3, -0.25) is 33.9 Å². The maximum atomic E-state index is 14.4. The molecule has 310 valence electrons. The van der Waals surface area contributed by atoms with E-state index in [1.54, 1.807) is 24.3 Å². The van der Waals surface area contributed by atoms with Crippen LogP contribution in [-0.4, -0.2) is 96.2 Å². The fourth-order valence-corrected chi connectivity index (χ4v) is 7.38. The summed E-state index contributed by atoms with van der Waals surface area (Å²) in [4.78, 5) is 73.8. The number of methoxy groups -OCH3 is 2. The first-order valence-corrected chi connectivity index (χ1v) is 20.0. The third-order valence-corrected chi connectivity index (χ3v) is 10.4. The number of hydrogen-bond donors (Lipinski definition) is 7. The van der Waals surface area contributed by atoms with Crippen LogP contribution in [0.25, 0.3) is 6.08 Å². The number of primary amides is 1. The van der Waals surface area contributed by atoms with Crippen LogP contribution in [0.1, 0.15) is 69.4 Å². The van der Waals surface area contributed by atoms with Crippen LogP contribution >= 0.6 is 24.0 Å². The molecule has 57 heavy (non-hydrogen) atoms. The molecule has 0 radical (unpaired) electrons. The van der Waals surface area contributed by atoms with E-state index in [4.69, 9.17) is 44.6 Å². The monoisotopic (exact) mass is 825 g/mol. The number of ether oxygens (including phenoxy) is 2. The number of aliphatic imine (C=N–C) groups is 1. The number of benzene rings is 2. The zero-order valence-corrected chi connectivity index (χ0v) is 34.3. The summed E-state index contributed by atoms with van der Waals surface area (Å²) in [6.45, 7) is 2.47. The molecule has 0 spiro atoms. The Hall–Kier alpha value is -5.20. The average Bonchev–Trinajstić information content (AvgIpc) is 3.46. The number of amides is 5. The molecule has 0 saturated carbocycles. The summed E-state index contributed by atoms with van der Waals surface area (Å²) >= 11 is 6.75. The van der Waals surface area contributed by atoms with Crippen molar-refractivity contribution in [3.05, 3.63) is 64.6 Å². The number of thiocarbonyl (C=S) groups is 1. The second kappa shape index (κ2) is 23.8. The lowest BCUT2D eigenvalue weighted by Gasteiger charge is -2.29. The Bertz CT molecular complexity index is 1770. The Kier molecular flexibility index (Phi) is 19.3. The van der Waals surface area contributed by atoms with Crippen LogP contribution in [0.3, 0.4) is 0 Å². The predicted octanol–water partition coefficient (Wildman–Crippen LogP) is 1.83. The lowest BCUT2D eigenvalue weighted by Crippen LogP contribution is -2.58. The molecule has 2 aromatic rings. The molecule has 1 saturated heterocycles. The molecule has 1 heterocycles. The molecule has 5 amide bonds. The van der Waals surface area contributed by atoms with Gasteiger partial charge in [-0.25, -0.2) is 0 Å².